The van der Waals surface area contributed by atoms with E-state index >= 15 is 0 Å². The van der Waals surface area contributed by atoms with E-state index in [1.807, 2.05) is 13.1 Å². The third-order valence-corrected chi connectivity index (χ3v) is 3.63. The second kappa shape index (κ2) is 4.36. The Bertz CT molecular complexity index is 521. The maximum Gasteiger partial charge on any atom is 0.270 e. The summed E-state index contributed by atoms with van der Waals surface area (Å²) < 4.78 is 2.10. The molecule has 17 heavy (non-hydrogen) atoms. The van der Waals surface area contributed by atoms with Crippen molar-refractivity contribution in [1.82, 2.24) is 0 Å². The summed E-state index contributed by atoms with van der Waals surface area (Å²) in [5, 5.41) is 10.8. The molecule has 0 unspecified atom stereocenters. The Balaban J connectivity index is 0.00000144. The number of nitrogens with zero attached hydrogens (tertiary/aromatic N) is 2. The first-order valence-corrected chi connectivity index (χ1v) is 5.22. The molecule has 1 aromatic rings. The smallest absolute Gasteiger partial charge is 0.270 e. The van der Waals surface area contributed by atoms with Crippen molar-refractivity contribution in [3.63, 3.8) is 0 Å². The number of fused-ring (bicyclic) bond motifs is 1. The average molecular weight is 346 g/mol. The summed E-state index contributed by atoms with van der Waals surface area (Å²) in [5.41, 5.74) is 3.34. The first-order valence-electron chi connectivity index (χ1n) is 5.22. The Morgan fingerprint density at radius 1 is 1.35 bits per heavy atom. The van der Waals surface area contributed by atoms with E-state index in [0.29, 0.717) is 0 Å². The minimum Gasteiger partial charge on any atom is -1.00 e. The van der Waals surface area contributed by atoms with Crippen LogP contribution in [0, 0.1) is 10.1 Å². The minimum atomic E-state index is -0.343. The first-order chi connectivity index (χ1) is 7.35. The molecular weight excluding hydrogens is 331 g/mol. The lowest BCUT2D eigenvalue weighted by Crippen LogP contribution is -3.00. The Labute approximate surface area is 118 Å². The zero-order chi connectivity index (χ0) is 12.1. The van der Waals surface area contributed by atoms with Gasteiger partial charge in [0.15, 0.2) is 5.71 Å². The monoisotopic (exact) mass is 346 g/mol. The number of non-ortho nitro benzene ring substituents is 1. The molecule has 0 bridgehead atoms. The minimum absolute atomic E-state index is 0. The molecule has 1 aliphatic heterocycles. The topological polar surface area (TPSA) is 46.1 Å². The van der Waals surface area contributed by atoms with E-state index in [-0.39, 0.29) is 40.0 Å². The lowest BCUT2D eigenvalue weighted by atomic mass is 9.82. The molecule has 0 spiro atoms. The van der Waals surface area contributed by atoms with Crippen LogP contribution in [0.2, 0.25) is 0 Å². The highest BCUT2D eigenvalue weighted by Crippen LogP contribution is 2.40. The van der Waals surface area contributed by atoms with Crippen LogP contribution in [-0.4, -0.2) is 22.3 Å². The Morgan fingerprint density at radius 3 is 2.47 bits per heavy atom. The summed E-state index contributed by atoms with van der Waals surface area (Å²) in [6.07, 6.45) is 0. The summed E-state index contributed by atoms with van der Waals surface area (Å²) in [6, 6.07) is 5.07. The lowest BCUT2D eigenvalue weighted by molar-refractivity contribution is -0.403. The van der Waals surface area contributed by atoms with E-state index in [4.69, 9.17) is 0 Å². The fourth-order valence-electron chi connectivity index (χ4n) is 2.23. The molecule has 0 amide bonds. The molecule has 4 nitrogen and oxygen atoms in total. The number of nitro groups is 1. The van der Waals surface area contributed by atoms with Crippen LogP contribution in [0.3, 0.4) is 0 Å². The van der Waals surface area contributed by atoms with E-state index < -0.39 is 0 Å². The van der Waals surface area contributed by atoms with Gasteiger partial charge in [-0.15, -0.1) is 0 Å². The van der Waals surface area contributed by atoms with Crippen molar-refractivity contribution in [3.8, 4) is 0 Å². The summed E-state index contributed by atoms with van der Waals surface area (Å²) in [5.74, 6) is 0. The highest BCUT2D eigenvalue weighted by Gasteiger charge is 2.42. The zero-order valence-electron chi connectivity index (χ0n) is 10.3. The molecule has 92 valence electrons. The zero-order valence-corrected chi connectivity index (χ0v) is 12.5. The molecule has 1 heterocycles. The second-order valence-electron chi connectivity index (χ2n) is 4.73. The second-order valence-corrected chi connectivity index (χ2v) is 4.73. The summed E-state index contributed by atoms with van der Waals surface area (Å²) in [7, 11) is 1.99. The lowest BCUT2D eigenvalue weighted by Gasteiger charge is -2.14. The molecular formula is C12H15IN2O2. The normalized spacial score (nSPS) is 16.5. The number of rotatable bonds is 1. The molecule has 0 atom stereocenters. The van der Waals surface area contributed by atoms with Crippen LogP contribution >= 0.6 is 0 Å². The van der Waals surface area contributed by atoms with Gasteiger partial charge in [-0.05, 0) is 13.8 Å². The van der Waals surface area contributed by atoms with Gasteiger partial charge in [0, 0.05) is 30.7 Å². The van der Waals surface area contributed by atoms with Gasteiger partial charge in [0.2, 0.25) is 5.69 Å². The molecule has 5 heteroatoms. The van der Waals surface area contributed by atoms with Crippen molar-refractivity contribution < 1.29 is 33.5 Å². The Morgan fingerprint density at radius 2 is 1.94 bits per heavy atom. The third kappa shape index (κ3) is 1.96. The molecule has 0 saturated carbocycles. The van der Waals surface area contributed by atoms with Gasteiger partial charge in [-0.1, -0.05) is 0 Å². The summed E-state index contributed by atoms with van der Waals surface area (Å²) >= 11 is 0. The van der Waals surface area contributed by atoms with Crippen LogP contribution < -0.4 is 24.0 Å². The summed E-state index contributed by atoms with van der Waals surface area (Å²) in [6.45, 7) is 6.24. The third-order valence-electron chi connectivity index (χ3n) is 3.63. The largest absolute Gasteiger partial charge is 1.00 e. The van der Waals surface area contributed by atoms with Crippen molar-refractivity contribution in [2.45, 2.75) is 26.2 Å². The highest BCUT2D eigenvalue weighted by molar-refractivity contribution is 5.93. The molecule has 1 aliphatic rings. The number of halogens is 1. The van der Waals surface area contributed by atoms with E-state index in [0.717, 1.165) is 11.3 Å². The average Bonchev–Trinajstić information content (AvgIpc) is 2.40. The number of hydrogen-bond acceptors (Lipinski definition) is 2. The van der Waals surface area contributed by atoms with Gasteiger partial charge >= 0.3 is 0 Å². The standard InChI is InChI=1S/C12H15N2O2.HI/c1-8-12(2,3)10-7-9(14(15)16)5-6-11(10)13(8)4;/h5-7H,1-4H3;1H/q+1;/p-1. The molecule has 2 rings (SSSR count). The number of hydrogen-bond donors (Lipinski definition) is 0. The van der Waals surface area contributed by atoms with E-state index in [2.05, 4.69) is 25.3 Å². The van der Waals surface area contributed by atoms with Gasteiger partial charge in [0.05, 0.1) is 10.3 Å². The molecule has 0 fully saturated rings. The molecule has 1 aromatic carbocycles. The van der Waals surface area contributed by atoms with Crippen LogP contribution in [0.15, 0.2) is 18.2 Å². The van der Waals surface area contributed by atoms with E-state index in [9.17, 15) is 10.1 Å². The molecule has 0 saturated heterocycles. The van der Waals surface area contributed by atoms with Crippen molar-refractivity contribution in [3.05, 3.63) is 33.9 Å². The molecule has 0 aromatic heterocycles. The molecule has 0 N–H and O–H groups in total. The maximum absolute atomic E-state index is 10.8. The van der Waals surface area contributed by atoms with Crippen LogP contribution in [0.25, 0.3) is 0 Å². The van der Waals surface area contributed by atoms with Gasteiger partial charge in [-0.3, -0.25) is 10.1 Å². The predicted octanol–water partition coefficient (Wildman–Crippen LogP) is -0.375. The van der Waals surface area contributed by atoms with Crippen molar-refractivity contribution in [2.24, 2.45) is 0 Å². The van der Waals surface area contributed by atoms with Crippen molar-refractivity contribution in [1.29, 1.82) is 0 Å². The Hall–Kier alpha value is -0.980. The fourth-order valence-corrected chi connectivity index (χ4v) is 2.23. The predicted molar refractivity (Wildman–Crippen MR) is 62.6 cm³/mol. The van der Waals surface area contributed by atoms with E-state index in [1.165, 1.54) is 5.71 Å². The quantitative estimate of drug-likeness (QED) is 0.301. The maximum atomic E-state index is 10.8. The van der Waals surface area contributed by atoms with Crippen molar-refractivity contribution in [2.75, 3.05) is 7.05 Å². The van der Waals surface area contributed by atoms with Gasteiger partial charge < -0.3 is 24.0 Å². The van der Waals surface area contributed by atoms with Gasteiger partial charge in [0.1, 0.15) is 7.05 Å². The Kier molecular flexibility index (Phi) is 3.61. The number of benzene rings is 1. The van der Waals surface area contributed by atoms with Crippen molar-refractivity contribution >= 4 is 17.1 Å². The van der Waals surface area contributed by atoms with Crippen LogP contribution in [0.5, 0.6) is 0 Å². The molecule has 0 aliphatic carbocycles. The fraction of sp³-hybridized carbons (Fsp3) is 0.417. The van der Waals surface area contributed by atoms with Gasteiger partial charge in [-0.25, -0.2) is 4.58 Å². The van der Waals surface area contributed by atoms with Gasteiger partial charge in [-0.2, -0.15) is 0 Å². The SMILES string of the molecule is CC1=[N+](C)c2ccc([N+](=O)[O-])cc2C1(C)C.[I-]. The highest BCUT2D eigenvalue weighted by atomic mass is 127. The van der Waals surface area contributed by atoms with Crippen LogP contribution in [0.1, 0.15) is 26.3 Å². The van der Waals surface area contributed by atoms with E-state index in [1.54, 1.807) is 12.1 Å². The number of nitro benzene ring substituents is 1. The summed E-state index contributed by atoms with van der Waals surface area (Å²) in [4.78, 5) is 10.4. The van der Waals surface area contributed by atoms with Crippen LogP contribution in [0.4, 0.5) is 11.4 Å². The van der Waals surface area contributed by atoms with Crippen LogP contribution in [-0.2, 0) is 5.41 Å². The molecule has 0 radical (unpaired) electrons. The van der Waals surface area contributed by atoms with Gasteiger partial charge in [0.25, 0.3) is 5.69 Å². The first kappa shape index (κ1) is 14.1.